The fourth-order valence-electron chi connectivity index (χ4n) is 2.97. The molecule has 0 aliphatic carbocycles. The van der Waals surface area contributed by atoms with Crippen LogP contribution >= 0.6 is 0 Å². The van der Waals surface area contributed by atoms with E-state index < -0.39 is 10.1 Å². The Hall–Kier alpha value is -1.37. The van der Waals surface area contributed by atoms with Crippen LogP contribution in [0.1, 0.15) is 0 Å². The zero-order chi connectivity index (χ0) is 14.8. The summed E-state index contributed by atoms with van der Waals surface area (Å²) in [7, 11) is -4.32. The second-order valence-electron chi connectivity index (χ2n) is 5.02. The Kier molecular flexibility index (Phi) is 3.58. The van der Waals surface area contributed by atoms with Gasteiger partial charge in [-0.3, -0.25) is 4.55 Å². The van der Waals surface area contributed by atoms with Crippen molar-refractivity contribution < 1.29 is 47.6 Å². The molecule has 0 fully saturated rings. The molecule has 4 rings (SSSR count). The van der Waals surface area contributed by atoms with Crippen LogP contribution in [0.15, 0.2) is 53.4 Å². The molecule has 0 bridgehead atoms. The van der Waals surface area contributed by atoms with Crippen molar-refractivity contribution in [2.45, 2.75) is 4.90 Å². The number of hydrogen-bond acceptors (Lipinski definition) is 3. The molecule has 0 radical (unpaired) electrons. The Morgan fingerprint density at radius 2 is 1.27 bits per heavy atom. The second kappa shape index (κ2) is 5.08. The summed E-state index contributed by atoms with van der Waals surface area (Å²) in [5.41, 5.74) is 0. The largest absolute Gasteiger partial charge is 1.00 e. The molecule has 104 valence electrons. The minimum absolute atomic E-state index is 0. The maximum absolute atomic E-state index is 12.0. The van der Waals surface area contributed by atoms with Crippen LogP contribution in [-0.4, -0.2) is 13.0 Å². The smallest absolute Gasteiger partial charge is 0.872 e. The van der Waals surface area contributed by atoms with Gasteiger partial charge in [-0.05, 0) is 33.0 Å². The van der Waals surface area contributed by atoms with Crippen molar-refractivity contribution in [3.8, 4) is 5.75 Å². The van der Waals surface area contributed by atoms with Crippen molar-refractivity contribution in [2.75, 3.05) is 0 Å². The normalized spacial score (nSPS) is 12.0. The number of rotatable bonds is 1. The Morgan fingerprint density at radius 1 is 0.773 bits per heavy atom. The van der Waals surface area contributed by atoms with Gasteiger partial charge in [-0.25, -0.2) is 0 Å². The summed E-state index contributed by atoms with van der Waals surface area (Å²) in [5.74, 6) is -0.103. The molecule has 22 heavy (non-hydrogen) atoms. The van der Waals surface area contributed by atoms with E-state index in [1.54, 1.807) is 36.4 Å². The zero-order valence-corrected chi connectivity index (χ0v) is 14.5. The van der Waals surface area contributed by atoms with Gasteiger partial charge in [-0.1, -0.05) is 42.5 Å². The molecule has 4 nitrogen and oxygen atoms in total. The molecule has 0 aliphatic rings. The van der Waals surface area contributed by atoms with Crippen molar-refractivity contribution in [3.63, 3.8) is 0 Å². The topological polar surface area (TPSA) is 77.4 Å². The van der Waals surface area contributed by atoms with Gasteiger partial charge in [-0.15, -0.1) is 5.75 Å². The molecule has 6 heteroatoms. The summed E-state index contributed by atoms with van der Waals surface area (Å²) < 4.78 is 32.5. The van der Waals surface area contributed by atoms with E-state index >= 15 is 0 Å². The van der Waals surface area contributed by atoms with Crippen LogP contribution in [0.25, 0.3) is 32.3 Å². The summed E-state index contributed by atoms with van der Waals surface area (Å²) >= 11 is 0. The summed E-state index contributed by atoms with van der Waals surface area (Å²) in [5, 5.41) is 16.1. The maximum Gasteiger partial charge on any atom is 1.00 e. The van der Waals surface area contributed by atoms with Crippen molar-refractivity contribution >= 4 is 42.4 Å². The predicted molar refractivity (Wildman–Crippen MR) is 79.4 cm³/mol. The first-order valence-corrected chi connectivity index (χ1v) is 7.76. The Balaban J connectivity index is 0.00000144. The van der Waals surface area contributed by atoms with Crippen LogP contribution in [0.3, 0.4) is 0 Å². The average Bonchev–Trinajstić information content (AvgIpc) is 2.45. The van der Waals surface area contributed by atoms with Crippen LogP contribution in [0, 0.1) is 0 Å². The molecule has 0 heterocycles. The van der Waals surface area contributed by atoms with E-state index in [0.29, 0.717) is 16.2 Å². The third kappa shape index (κ3) is 2.09. The van der Waals surface area contributed by atoms with E-state index in [4.69, 9.17) is 0 Å². The van der Waals surface area contributed by atoms with Gasteiger partial charge in [0.1, 0.15) is 4.90 Å². The van der Waals surface area contributed by atoms with Crippen molar-refractivity contribution in [1.82, 2.24) is 0 Å². The zero-order valence-electron chi connectivity index (χ0n) is 11.7. The first-order chi connectivity index (χ1) is 9.97. The van der Waals surface area contributed by atoms with Gasteiger partial charge in [0, 0.05) is 5.39 Å². The standard InChI is InChI=1S/C16H10O4S.Na/c17-13-7-3-9-2-6-12-14(21(18,19)20)8-4-10-1-5-11(13)15(9)16(10)12;/h1-8,17H,(H,18,19,20);/q;+1/p-1. The van der Waals surface area contributed by atoms with Gasteiger partial charge in [0.25, 0.3) is 10.1 Å². The molecule has 0 aliphatic heterocycles. The summed E-state index contributed by atoms with van der Waals surface area (Å²) in [6.45, 7) is 0. The molecular formula is C16H9NaO4S. The summed E-state index contributed by atoms with van der Waals surface area (Å²) in [4.78, 5) is -0.138. The minimum Gasteiger partial charge on any atom is -0.872 e. The van der Waals surface area contributed by atoms with Gasteiger partial charge in [-0.2, -0.15) is 8.42 Å². The first-order valence-electron chi connectivity index (χ1n) is 6.32. The van der Waals surface area contributed by atoms with E-state index in [1.165, 1.54) is 12.1 Å². The van der Waals surface area contributed by atoms with Crippen molar-refractivity contribution in [1.29, 1.82) is 0 Å². The molecule has 1 N–H and O–H groups in total. The van der Waals surface area contributed by atoms with Gasteiger partial charge in [0.2, 0.25) is 0 Å². The fraction of sp³-hybridized carbons (Fsp3) is 0. The van der Waals surface area contributed by atoms with Crippen LogP contribution in [0.2, 0.25) is 0 Å². The third-order valence-electron chi connectivity index (χ3n) is 3.86. The molecule has 4 aromatic rings. The Labute approximate surface area is 148 Å². The van der Waals surface area contributed by atoms with Gasteiger partial charge >= 0.3 is 29.6 Å². The predicted octanol–water partition coefficient (Wildman–Crippen LogP) is -0.0917. The average molecular weight is 320 g/mol. The fourth-order valence-corrected chi connectivity index (χ4v) is 3.66. The van der Waals surface area contributed by atoms with Gasteiger partial charge in [0.05, 0.1) is 0 Å². The van der Waals surface area contributed by atoms with Gasteiger partial charge in [0.15, 0.2) is 0 Å². The van der Waals surface area contributed by atoms with E-state index in [-0.39, 0.29) is 40.2 Å². The molecule has 4 aromatic carbocycles. The Morgan fingerprint density at radius 3 is 1.91 bits per heavy atom. The second-order valence-corrected chi connectivity index (χ2v) is 6.41. The van der Waals surface area contributed by atoms with Crippen LogP contribution < -0.4 is 34.7 Å². The summed E-state index contributed by atoms with van der Waals surface area (Å²) in [6.07, 6.45) is 0. The quantitative estimate of drug-likeness (QED) is 0.302. The van der Waals surface area contributed by atoms with Gasteiger partial charge < -0.3 is 5.11 Å². The van der Waals surface area contributed by atoms with Crippen LogP contribution in [0.4, 0.5) is 0 Å². The number of benzene rings is 4. The van der Waals surface area contributed by atoms with E-state index in [0.717, 1.165) is 16.2 Å². The molecule has 0 saturated carbocycles. The molecule has 0 saturated heterocycles. The third-order valence-corrected chi connectivity index (χ3v) is 4.77. The Bertz CT molecular complexity index is 1120. The van der Waals surface area contributed by atoms with E-state index in [9.17, 15) is 18.1 Å². The molecule has 0 atom stereocenters. The monoisotopic (exact) mass is 320 g/mol. The van der Waals surface area contributed by atoms with Crippen LogP contribution in [-0.2, 0) is 10.1 Å². The maximum atomic E-state index is 12.0. The molecule has 0 spiro atoms. The van der Waals surface area contributed by atoms with E-state index in [2.05, 4.69) is 0 Å². The van der Waals surface area contributed by atoms with Crippen molar-refractivity contribution in [2.24, 2.45) is 0 Å². The SMILES string of the molecule is O=S(=O)(O)c1ccc2ccc3c([O-])ccc4ccc1c2c43.[Na+]. The van der Waals surface area contributed by atoms with E-state index in [1.807, 2.05) is 0 Å². The van der Waals surface area contributed by atoms with Crippen molar-refractivity contribution in [3.05, 3.63) is 48.5 Å². The molecular weight excluding hydrogens is 311 g/mol. The minimum atomic E-state index is -4.32. The number of hydrogen-bond donors (Lipinski definition) is 1. The molecule has 0 unspecified atom stereocenters. The molecule has 0 amide bonds. The van der Waals surface area contributed by atoms with Crippen LogP contribution in [0.5, 0.6) is 5.75 Å². The first kappa shape index (κ1) is 15.5. The molecule has 0 aromatic heterocycles. The summed E-state index contributed by atoms with van der Waals surface area (Å²) in [6, 6.07) is 13.2.